The van der Waals surface area contributed by atoms with E-state index in [0.29, 0.717) is 30.0 Å². The lowest BCUT2D eigenvalue weighted by molar-refractivity contribution is -0.130. The van der Waals surface area contributed by atoms with Gasteiger partial charge in [0.25, 0.3) is 11.8 Å². The van der Waals surface area contributed by atoms with Crippen LogP contribution < -0.4 is 10.1 Å². The first-order valence-corrected chi connectivity index (χ1v) is 10.4. The molecule has 1 fully saturated rings. The van der Waals surface area contributed by atoms with Crippen molar-refractivity contribution in [1.29, 1.82) is 0 Å². The smallest absolute Gasteiger partial charge is 0.259 e. The topological polar surface area (TPSA) is 79.0 Å². The molecular weight excluding hydrogens is 450 g/mol. The van der Waals surface area contributed by atoms with Crippen LogP contribution in [-0.2, 0) is 9.59 Å². The van der Waals surface area contributed by atoms with Crippen LogP contribution in [0.3, 0.4) is 0 Å². The fourth-order valence-electron chi connectivity index (χ4n) is 3.17. The average molecular weight is 474 g/mol. The SMILES string of the molecule is CN(C)C(=O)COc1ccc(NC(=O)C2CCCN2C(=O)c2ccc(Br)cc2)cc1. The number of likely N-dealkylation sites (tertiary alicyclic amines) is 1. The van der Waals surface area contributed by atoms with Gasteiger partial charge in [-0.2, -0.15) is 0 Å². The van der Waals surface area contributed by atoms with Crippen LogP contribution in [0.1, 0.15) is 23.2 Å². The number of rotatable bonds is 6. The normalized spacial score (nSPS) is 15.6. The van der Waals surface area contributed by atoms with Crippen molar-refractivity contribution in [1.82, 2.24) is 9.80 Å². The fraction of sp³-hybridized carbons (Fsp3) is 0.318. The molecule has 0 saturated carbocycles. The highest BCUT2D eigenvalue weighted by Gasteiger charge is 2.34. The number of hydrogen-bond acceptors (Lipinski definition) is 4. The van der Waals surface area contributed by atoms with Gasteiger partial charge in [-0.3, -0.25) is 14.4 Å². The third kappa shape index (κ3) is 5.38. The number of carbonyl (C=O) groups is 3. The monoisotopic (exact) mass is 473 g/mol. The molecule has 1 N–H and O–H groups in total. The Hall–Kier alpha value is -2.87. The van der Waals surface area contributed by atoms with Gasteiger partial charge in [0.15, 0.2) is 6.61 Å². The van der Waals surface area contributed by atoms with Crippen LogP contribution in [0.25, 0.3) is 0 Å². The average Bonchev–Trinajstić information content (AvgIpc) is 3.23. The van der Waals surface area contributed by atoms with Crippen molar-refractivity contribution in [3.05, 3.63) is 58.6 Å². The molecule has 30 heavy (non-hydrogen) atoms. The summed E-state index contributed by atoms with van der Waals surface area (Å²) >= 11 is 3.36. The maximum atomic E-state index is 12.8. The van der Waals surface area contributed by atoms with Crippen LogP contribution >= 0.6 is 15.9 Å². The van der Waals surface area contributed by atoms with Crippen LogP contribution in [0.4, 0.5) is 5.69 Å². The van der Waals surface area contributed by atoms with E-state index in [-0.39, 0.29) is 24.3 Å². The molecule has 0 aromatic heterocycles. The molecule has 3 amide bonds. The second-order valence-corrected chi connectivity index (χ2v) is 8.17. The quantitative estimate of drug-likeness (QED) is 0.698. The minimum atomic E-state index is -0.505. The van der Waals surface area contributed by atoms with E-state index in [1.54, 1.807) is 55.4 Å². The van der Waals surface area contributed by atoms with E-state index in [4.69, 9.17) is 4.74 Å². The van der Waals surface area contributed by atoms with Gasteiger partial charge in [0.05, 0.1) is 0 Å². The number of hydrogen-bond donors (Lipinski definition) is 1. The van der Waals surface area contributed by atoms with Crippen LogP contribution in [0.2, 0.25) is 0 Å². The third-order valence-corrected chi connectivity index (χ3v) is 5.42. The number of nitrogens with one attached hydrogen (secondary N) is 1. The lowest BCUT2D eigenvalue weighted by Crippen LogP contribution is -2.43. The number of anilines is 1. The molecule has 0 radical (unpaired) electrons. The fourth-order valence-corrected chi connectivity index (χ4v) is 3.44. The standard InChI is InChI=1S/C22H24BrN3O4/c1-25(2)20(27)14-30-18-11-9-17(10-12-18)24-21(28)19-4-3-13-26(19)22(29)15-5-7-16(23)8-6-15/h5-12,19H,3-4,13-14H2,1-2H3,(H,24,28). The first-order valence-electron chi connectivity index (χ1n) is 9.65. The highest BCUT2D eigenvalue weighted by Crippen LogP contribution is 2.23. The number of amides is 3. The second-order valence-electron chi connectivity index (χ2n) is 7.25. The number of benzene rings is 2. The van der Waals surface area contributed by atoms with Crippen molar-refractivity contribution in [3.8, 4) is 5.75 Å². The van der Waals surface area contributed by atoms with Crippen LogP contribution in [-0.4, -0.2) is 60.8 Å². The molecule has 1 heterocycles. The van der Waals surface area contributed by atoms with Gasteiger partial charge in [-0.15, -0.1) is 0 Å². The molecule has 0 bridgehead atoms. The zero-order valence-electron chi connectivity index (χ0n) is 16.9. The van der Waals surface area contributed by atoms with E-state index in [0.717, 1.165) is 10.9 Å². The predicted molar refractivity (Wildman–Crippen MR) is 117 cm³/mol. The van der Waals surface area contributed by atoms with Gasteiger partial charge in [-0.05, 0) is 61.4 Å². The largest absolute Gasteiger partial charge is 0.484 e. The molecule has 1 aliphatic heterocycles. The van der Waals surface area contributed by atoms with Gasteiger partial charge in [0.2, 0.25) is 5.91 Å². The summed E-state index contributed by atoms with van der Waals surface area (Å²) in [5.41, 5.74) is 1.17. The van der Waals surface area contributed by atoms with Crippen LogP contribution in [0.15, 0.2) is 53.0 Å². The van der Waals surface area contributed by atoms with Crippen molar-refractivity contribution < 1.29 is 19.1 Å². The van der Waals surface area contributed by atoms with E-state index in [2.05, 4.69) is 21.2 Å². The van der Waals surface area contributed by atoms with E-state index in [1.165, 1.54) is 4.90 Å². The summed E-state index contributed by atoms with van der Waals surface area (Å²) in [6.45, 7) is 0.508. The van der Waals surface area contributed by atoms with Crippen molar-refractivity contribution >= 4 is 39.3 Å². The molecule has 0 aliphatic carbocycles. The summed E-state index contributed by atoms with van der Waals surface area (Å²) < 4.78 is 6.33. The van der Waals surface area contributed by atoms with Crippen molar-refractivity contribution in [2.24, 2.45) is 0 Å². The maximum Gasteiger partial charge on any atom is 0.259 e. The summed E-state index contributed by atoms with van der Waals surface area (Å²) in [6, 6.07) is 13.4. The number of likely N-dealkylation sites (N-methyl/N-ethyl adjacent to an activating group) is 1. The zero-order chi connectivity index (χ0) is 21.7. The van der Waals surface area contributed by atoms with Crippen molar-refractivity contribution in [2.75, 3.05) is 32.6 Å². The third-order valence-electron chi connectivity index (χ3n) is 4.89. The summed E-state index contributed by atoms with van der Waals surface area (Å²) in [6.07, 6.45) is 1.41. The Balaban J connectivity index is 1.60. The molecule has 7 nitrogen and oxygen atoms in total. The Morgan fingerprint density at radius 3 is 2.40 bits per heavy atom. The van der Waals surface area contributed by atoms with Crippen LogP contribution in [0, 0.1) is 0 Å². The zero-order valence-corrected chi connectivity index (χ0v) is 18.5. The van der Waals surface area contributed by atoms with Gasteiger partial charge in [-0.25, -0.2) is 0 Å². The number of carbonyl (C=O) groups excluding carboxylic acids is 3. The Bertz CT molecular complexity index is 913. The molecule has 2 aromatic carbocycles. The maximum absolute atomic E-state index is 12.8. The lowest BCUT2D eigenvalue weighted by Gasteiger charge is -2.24. The number of nitrogens with zero attached hydrogens (tertiary/aromatic N) is 2. The van der Waals surface area contributed by atoms with Crippen LogP contribution in [0.5, 0.6) is 5.75 Å². The Morgan fingerprint density at radius 1 is 1.10 bits per heavy atom. The molecule has 8 heteroatoms. The molecule has 1 aliphatic rings. The van der Waals surface area contributed by atoms with Crippen molar-refractivity contribution in [3.63, 3.8) is 0 Å². The van der Waals surface area contributed by atoms with Gasteiger partial charge in [-0.1, -0.05) is 15.9 Å². The number of ether oxygens (including phenoxy) is 1. The van der Waals surface area contributed by atoms with E-state index in [9.17, 15) is 14.4 Å². The predicted octanol–water partition coefficient (Wildman–Crippen LogP) is 3.16. The van der Waals surface area contributed by atoms with Crippen molar-refractivity contribution in [2.45, 2.75) is 18.9 Å². The van der Waals surface area contributed by atoms with Gasteiger partial charge >= 0.3 is 0 Å². The highest BCUT2D eigenvalue weighted by atomic mass is 79.9. The first-order chi connectivity index (χ1) is 14.3. The molecule has 1 unspecified atom stereocenters. The van der Waals surface area contributed by atoms with Gasteiger partial charge in [0, 0.05) is 36.4 Å². The molecule has 158 valence electrons. The summed E-state index contributed by atoms with van der Waals surface area (Å²) in [7, 11) is 3.33. The minimum Gasteiger partial charge on any atom is -0.484 e. The minimum absolute atomic E-state index is 0.0477. The summed E-state index contributed by atoms with van der Waals surface area (Å²) in [5.74, 6) is 0.0455. The van der Waals surface area contributed by atoms with E-state index in [1.807, 2.05) is 12.1 Å². The molecule has 0 spiro atoms. The Labute approximate surface area is 184 Å². The molecule has 1 atom stereocenters. The van der Waals surface area contributed by atoms with Gasteiger partial charge < -0.3 is 19.9 Å². The van der Waals surface area contributed by atoms with E-state index >= 15 is 0 Å². The van der Waals surface area contributed by atoms with Gasteiger partial charge in [0.1, 0.15) is 11.8 Å². The lowest BCUT2D eigenvalue weighted by atomic mass is 10.1. The first kappa shape index (κ1) is 21.8. The number of halogens is 1. The van der Waals surface area contributed by atoms with E-state index < -0.39 is 6.04 Å². The molecule has 1 saturated heterocycles. The Kier molecular flexibility index (Phi) is 7.10. The second kappa shape index (κ2) is 9.75. The summed E-state index contributed by atoms with van der Waals surface area (Å²) in [5, 5.41) is 2.87. The highest BCUT2D eigenvalue weighted by molar-refractivity contribution is 9.10. The molecule has 3 rings (SSSR count). The summed E-state index contributed by atoms with van der Waals surface area (Å²) in [4.78, 5) is 40.3. The molecular formula is C22H24BrN3O4. The Morgan fingerprint density at radius 2 is 1.77 bits per heavy atom. The molecule has 2 aromatic rings.